The zero-order chi connectivity index (χ0) is 17.6. The van der Waals surface area contributed by atoms with Crippen LogP contribution in [0.15, 0.2) is 54.6 Å². The van der Waals surface area contributed by atoms with E-state index in [4.69, 9.17) is 4.74 Å². The number of carbonyl (C=O) groups excluding carboxylic acids is 1. The van der Waals surface area contributed by atoms with E-state index >= 15 is 0 Å². The Morgan fingerprint density at radius 1 is 1.12 bits per heavy atom. The van der Waals surface area contributed by atoms with E-state index in [1.165, 1.54) is 0 Å². The second-order valence-corrected chi connectivity index (χ2v) is 6.81. The molecule has 0 aliphatic carbocycles. The molecular formula is C21H26N2O2. The van der Waals surface area contributed by atoms with Gasteiger partial charge in [-0.15, -0.1) is 0 Å². The molecule has 0 radical (unpaired) electrons. The molecule has 0 unspecified atom stereocenters. The Kier molecular flexibility index (Phi) is 5.71. The van der Waals surface area contributed by atoms with Crippen molar-refractivity contribution in [2.45, 2.75) is 25.5 Å². The zero-order valence-corrected chi connectivity index (χ0v) is 15.0. The minimum Gasteiger partial charge on any atom is -0.489 e. The number of rotatable bonds is 5. The molecule has 3 rings (SSSR count). The smallest absolute Gasteiger partial charge is 0.253 e. The number of nitrogens with zero attached hydrogens (tertiary/aromatic N) is 2. The van der Waals surface area contributed by atoms with Crippen molar-refractivity contribution in [1.29, 1.82) is 0 Å². The summed E-state index contributed by atoms with van der Waals surface area (Å²) in [6, 6.07) is 18.0. The van der Waals surface area contributed by atoms with Crippen LogP contribution in [-0.2, 0) is 6.61 Å². The highest BCUT2D eigenvalue weighted by Crippen LogP contribution is 2.17. The molecule has 25 heavy (non-hydrogen) atoms. The minimum absolute atomic E-state index is 0.127. The molecule has 0 aromatic heterocycles. The van der Waals surface area contributed by atoms with Gasteiger partial charge in [0.2, 0.25) is 0 Å². The lowest BCUT2D eigenvalue weighted by atomic mass is 10.0. The molecule has 0 bridgehead atoms. The molecule has 4 heteroatoms. The lowest BCUT2D eigenvalue weighted by Gasteiger charge is -2.36. The molecule has 132 valence electrons. The third kappa shape index (κ3) is 4.60. The van der Waals surface area contributed by atoms with Gasteiger partial charge in [-0.1, -0.05) is 30.3 Å². The average Bonchev–Trinajstić information content (AvgIpc) is 2.67. The summed E-state index contributed by atoms with van der Waals surface area (Å²) >= 11 is 0. The minimum atomic E-state index is 0.127. The van der Waals surface area contributed by atoms with E-state index in [0.717, 1.165) is 42.8 Å². The van der Waals surface area contributed by atoms with E-state index < -0.39 is 0 Å². The van der Waals surface area contributed by atoms with Gasteiger partial charge in [0.1, 0.15) is 12.4 Å². The van der Waals surface area contributed by atoms with Gasteiger partial charge in [-0.2, -0.15) is 0 Å². The molecule has 0 N–H and O–H groups in total. The number of piperidine rings is 1. The summed E-state index contributed by atoms with van der Waals surface area (Å²) in [6.07, 6.45) is 2.23. The second kappa shape index (κ2) is 8.17. The molecule has 4 nitrogen and oxygen atoms in total. The predicted molar refractivity (Wildman–Crippen MR) is 99.8 cm³/mol. The third-order valence-electron chi connectivity index (χ3n) is 4.76. The molecule has 1 aliphatic rings. The van der Waals surface area contributed by atoms with Crippen LogP contribution >= 0.6 is 0 Å². The van der Waals surface area contributed by atoms with Gasteiger partial charge < -0.3 is 14.5 Å². The monoisotopic (exact) mass is 338 g/mol. The molecule has 2 aromatic rings. The van der Waals surface area contributed by atoms with Crippen molar-refractivity contribution in [3.63, 3.8) is 0 Å². The van der Waals surface area contributed by atoms with E-state index in [9.17, 15) is 4.79 Å². The predicted octanol–water partition coefficient (Wildman–Crippen LogP) is 3.43. The number of hydrogen-bond donors (Lipinski definition) is 0. The van der Waals surface area contributed by atoms with E-state index in [2.05, 4.69) is 19.0 Å². The van der Waals surface area contributed by atoms with E-state index in [0.29, 0.717) is 12.6 Å². The summed E-state index contributed by atoms with van der Waals surface area (Å²) < 4.78 is 5.75. The van der Waals surface area contributed by atoms with Crippen molar-refractivity contribution in [2.75, 3.05) is 27.2 Å². The summed E-state index contributed by atoms with van der Waals surface area (Å²) in [5.41, 5.74) is 1.81. The molecule has 1 amide bonds. The first kappa shape index (κ1) is 17.5. The van der Waals surface area contributed by atoms with Crippen molar-refractivity contribution >= 4 is 5.91 Å². The van der Waals surface area contributed by atoms with Crippen LogP contribution in [0.4, 0.5) is 0 Å². The fraction of sp³-hybridized carbons (Fsp3) is 0.381. The first-order valence-corrected chi connectivity index (χ1v) is 8.86. The average molecular weight is 338 g/mol. The highest BCUT2D eigenvalue weighted by Gasteiger charge is 2.25. The maximum Gasteiger partial charge on any atom is 0.253 e. The SMILES string of the molecule is CN(C)[C@H]1CCCN(C(=O)c2ccc(COc3ccccc3)cc2)C1. The van der Waals surface area contributed by atoms with Crippen LogP contribution in [0.5, 0.6) is 5.75 Å². The molecule has 1 atom stereocenters. The molecule has 0 saturated carbocycles. The van der Waals surface area contributed by atoms with Gasteiger partial charge >= 0.3 is 0 Å². The Bertz CT molecular complexity index is 683. The zero-order valence-electron chi connectivity index (χ0n) is 15.0. The normalized spacial score (nSPS) is 17.6. The summed E-state index contributed by atoms with van der Waals surface area (Å²) in [4.78, 5) is 16.9. The number of ether oxygens (including phenoxy) is 1. The van der Waals surface area contributed by atoms with Crippen LogP contribution in [-0.4, -0.2) is 48.9 Å². The van der Waals surface area contributed by atoms with Crippen LogP contribution in [0.3, 0.4) is 0 Å². The first-order valence-electron chi connectivity index (χ1n) is 8.86. The van der Waals surface area contributed by atoms with Crippen molar-refractivity contribution in [3.05, 3.63) is 65.7 Å². The van der Waals surface area contributed by atoms with Crippen LogP contribution < -0.4 is 4.74 Å². The summed E-state index contributed by atoms with van der Waals surface area (Å²) in [7, 11) is 4.17. The van der Waals surface area contributed by atoms with Crippen molar-refractivity contribution in [2.24, 2.45) is 0 Å². The van der Waals surface area contributed by atoms with Crippen molar-refractivity contribution in [1.82, 2.24) is 9.80 Å². The summed E-state index contributed by atoms with van der Waals surface area (Å²) in [5, 5.41) is 0. The van der Waals surface area contributed by atoms with Gasteiger partial charge in [-0.3, -0.25) is 4.79 Å². The fourth-order valence-corrected chi connectivity index (χ4v) is 3.17. The number of likely N-dealkylation sites (tertiary alicyclic amines) is 1. The maximum absolute atomic E-state index is 12.7. The fourth-order valence-electron chi connectivity index (χ4n) is 3.17. The van der Waals surface area contributed by atoms with E-state index in [1.807, 2.05) is 59.5 Å². The number of likely N-dealkylation sites (N-methyl/N-ethyl adjacent to an activating group) is 1. The lowest BCUT2D eigenvalue weighted by Crippen LogP contribution is -2.47. The highest BCUT2D eigenvalue weighted by molar-refractivity contribution is 5.94. The van der Waals surface area contributed by atoms with Gasteiger partial charge in [0.15, 0.2) is 0 Å². The lowest BCUT2D eigenvalue weighted by molar-refractivity contribution is 0.0635. The molecule has 1 heterocycles. The topological polar surface area (TPSA) is 32.8 Å². The van der Waals surface area contributed by atoms with Crippen LogP contribution in [0.1, 0.15) is 28.8 Å². The first-order chi connectivity index (χ1) is 12.1. The molecular weight excluding hydrogens is 312 g/mol. The number of para-hydroxylation sites is 1. The van der Waals surface area contributed by atoms with Crippen molar-refractivity contribution in [3.8, 4) is 5.75 Å². The van der Waals surface area contributed by atoms with Gasteiger partial charge in [-0.25, -0.2) is 0 Å². The van der Waals surface area contributed by atoms with Crippen LogP contribution in [0.2, 0.25) is 0 Å². The molecule has 0 spiro atoms. The number of hydrogen-bond acceptors (Lipinski definition) is 3. The van der Waals surface area contributed by atoms with Crippen LogP contribution in [0, 0.1) is 0 Å². The number of benzene rings is 2. The standard InChI is InChI=1S/C21H26N2O2/c1-22(2)19-7-6-14-23(15-19)21(24)18-12-10-17(11-13-18)16-25-20-8-4-3-5-9-20/h3-5,8-13,19H,6-7,14-16H2,1-2H3/t19-/m0/s1. The van der Waals surface area contributed by atoms with Gasteiger partial charge in [-0.05, 0) is 56.8 Å². The van der Waals surface area contributed by atoms with Crippen molar-refractivity contribution < 1.29 is 9.53 Å². The van der Waals surface area contributed by atoms with Crippen LogP contribution in [0.25, 0.3) is 0 Å². The second-order valence-electron chi connectivity index (χ2n) is 6.81. The largest absolute Gasteiger partial charge is 0.489 e. The summed E-state index contributed by atoms with van der Waals surface area (Å²) in [6.45, 7) is 2.16. The quantitative estimate of drug-likeness (QED) is 0.837. The van der Waals surface area contributed by atoms with E-state index in [-0.39, 0.29) is 5.91 Å². The molecule has 1 saturated heterocycles. The Balaban J connectivity index is 1.58. The number of carbonyl (C=O) groups is 1. The Hall–Kier alpha value is -2.33. The molecule has 1 fully saturated rings. The van der Waals surface area contributed by atoms with Gasteiger partial charge in [0, 0.05) is 24.7 Å². The van der Waals surface area contributed by atoms with E-state index in [1.54, 1.807) is 0 Å². The Labute approximate surface area is 150 Å². The van der Waals surface area contributed by atoms with Gasteiger partial charge in [0.05, 0.1) is 0 Å². The Morgan fingerprint density at radius 3 is 2.52 bits per heavy atom. The number of amides is 1. The molecule has 2 aromatic carbocycles. The third-order valence-corrected chi connectivity index (χ3v) is 4.76. The van der Waals surface area contributed by atoms with Gasteiger partial charge in [0.25, 0.3) is 5.91 Å². The Morgan fingerprint density at radius 2 is 1.84 bits per heavy atom. The molecule has 1 aliphatic heterocycles. The maximum atomic E-state index is 12.7. The summed E-state index contributed by atoms with van der Waals surface area (Å²) in [5.74, 6) is 0.979. The highest BCUT2D eigenvalue weighted by atomic mass is 16.5.